The van der Waals surface area contributed by atoms with Crippen molar-refractivity contribution in [2.75, 3.05) is 40.1 Å². The van der Waals surface area contributed by atoms with E-state index in [1.165, 1.54) is 21.7 Å². The van der Waals surface area contributed by atoms with Crippen molar-refractivity contribution in [3.63, 3.8) is 0 Å². The number of rotatable bonds is 13. The van der Waals surface area contributed by atoms with Crippen LogP contribution < -0.4 is 5.32 Å². The van der Waals surface area contributed by atoms with Gasteiger partial charge in [-0.3, -0.25) is 0 Å². The number of methoxy groups -OCH3 is 1. The van der Waals surface area contributed by atoms with Gasteiger partial charge in [0, 0.05) is 36.6 Å². The summed E-state index contributed by atoms with van der Waals surface area (Å²) in [5.41, 5.74) is 1.30. The summed E-state index contributed by atoms with van der Waals surface area (Å²) in [6.45, 7) is 9.84. The zero-order chi connectivity index (χ0) is 15.3. The van der Waals surface area contributed by atoms with Gasteiger partial charge >= 0.3 is 0 Å². The van der Waals surface area contributed by atoms with Crippen LogP contribution in [0.2, 0.25) is 0 Å². The summed E-state index contributed by atoms with van der Waals surface area (Å²) >= 11 is 1.85. The van der Waals surface area contributed by atoms with Crippen LogP contribution in [-0.2, 0) is 27.4 Å². The fraction of sp³-hybridized carbons (Fsp3) is 0.750. The van der Waals surface area contributed by atoms with E-state index < -0.39 is 0 Å². The molecule has 1 aromatic rings. The predicted octanol–water partition coefficient (Wildman–Crippen LogP) is 3.13. The van der Waals surface area contributed by atoms with E-state index in [-0.39, 0.29) is 0 Å². The molecule has 0 unspecified atom stereocenters. The highest BCUT2D eigenvalue weighted by atomic mass is 32.1. The Balaban J connectivity index is 2.11. The molecule has 0 aliphatic heterocycles. The Kier molecular flexibility index (Phi) is 10.7. The third-order valence-electron chi connectivity index (χ3n) is 3.06. The minimum absolute atomic E-state index is 0.645. The molecule has 1 rings (SSSR count). The van der Waals surface area contributed by atoms with Gasteiger partial charge in [-0.05, 0) is 37.9 Å². The summed E-state index contributed by atoms with van der Waals surface area (Å²) in [4.78, 5) is 2.74. The molecule has 0 saturated heterocycles. The standard InChI is InChI=1S/C16H29NO3S/c1-4-6-17-12-16-11-15(14(2)21-16)13-20-10-9-19-8-5-7-18-3/h11,17H,4-10,12-13H2,1-3H3. The summed E-state index contributed by atoms with van der Waals surface area (Å²) < 4.78 is 16.1. The van der Waals surface area contributed by atoms with E-state index in [4.69, 9.17) is 14.2 Å². The molecule has 122 valence electrons. The van der Waals surface area contributed by atoms with Crippen molar-refractivity contribution in [3.05, 3.63) is 21.4 Å². The summed E-state index contributed by atoms with van der Waals surface area (Å²) in [5.74, 6) is 0. The van der Waals surface area contributed by atoms with E-state index in [2.05, 4.69) is 25.2 Å². The van der Waals surface area contributed by atoms with E-state index in [9.17, 15) is 0 Å². The second-order valence-corrected chi connectivity index (χ2v) is 6.32. The summed E-state index contributed by atoms with van der Waals surface area (Å²) in [6, 6.07) is 2.25. The van der Waals surface area contributed by atoms with Crippen LogP contribution in [0.1, 0.15) is 35.1 Å². The van der Waals surface area contributed by atoms with Crippen LogP contribution in [0.3, 0.4) is 0 Å². The molecule has 1 N–H and O–H groups in total. The molecule has 0 fully saturated rings. The fourth-order valence-electron chi connectivity index (χ4n) is 1.91. The highest BCUT2D eigenvalue weighted by Gasteiger charge is 2.05. The minimum atomic E-state index is 0.645. The van der Waals surface area contributed by atoms with Gasteiger partial charge < -0.3 is 19.5 Å². The summed E-state index contributed by atoms with van der Waals surface area (Å²) in [5, 5.41) is 3.43. The number of ether oxygens (including phenoxy) is 3. The number of aryl methyl sites for hydroxylation is 1. The quantitative estimate of drug-likeness (QED) is 0.568. The first-order chi connectivity index (χ1) is 10.3. The molecular weight excluding hydrogens is 286 g/mol. The van der Waals surface area contributed by atoms with Crippen LogP contribution in [0.25, 0.3) is 0 Å². The molecule has 0 saturated carbocycles. The van der Waals surface area contributed by atoms with E-state index in [0.29, 0.717) is 19.8 Å². The van der Waals surface area contributed by atoms with Crippen LogP contribution in [0.15, 0.2) is 6.07 Å². The van der Waals surface area contributed by atoms with Gasteiger partial charge in [-0.25, -0.2) is 0 Å². The second kappa shape index (κ2) is 12.1. The molecule has 1 heterocycles. The first-order valence-corrected chi connectivity index (χ1v) is 8.53. The topological polar surface area (TPSA) is 39.7 Å². The fourth-order valence-corrected chi connectivity index (χ4v) is 2.93. The molecule has 0 aromatic carbocycles. The van der Waals surface area contributed by atoms with Crippen molar-refractivity contribution >= 4 is 11.3 Å². The number of hydrogen-bond acceptors (Lipinski definition) is 5. The van der Waals surface area contributed by atoms with E-state index >= 15 is 0 Å². The lowest BCUT2D eigenvalue weighted by Crippen LogP contribution is -2.12. The van der Waals surface area contributed by atoms with Crippen LogP contribution >= 0.6 is 11.3 Å². The van der Waals surface area contributed by atoms with Gasteiger partial charge in [-0.1, -0.05) is 6.92 Å². The van der Waals surface area contributed by atoms with Crippen molar-refractivity contribution in [2.45, 2.75) is 39.8 Å². The van der Waals surface area contributed by atoms with Crippen LogP contribution in [0.4, 0.5) is 0 Å². The van der Waals surface area contributed by atoms with Crippen LogP contribution in [0, 0.1) is 6.92 Å². The zero-order valence-corrected chi connectivity index (χ0v) is 14.4. The Morgan fingerprint density at radius 2 is 1.95 bits per heavy atom. The molecule has 0 aliphatic rings. The Labute approximate surface area is 132 Å². The molecule has 1 aromatic heterocycles. The van der Waals surface area contributed by atoms with Gasteiger partial charge in [0.25, 0.3) is 0 Å². The smallest absolute Gasteiger partial charge is 0.0728 e. The maximum Gasteiger partial charge on any atom is 0.0728 e. The second-order valence-electron chi connectivity index (χ2n) is 4.98. The van der Waals surface area contributed by atoms with E-state index in [0.717, 1.165) is 32.7 Å². The Bertz CT molecular complexity index is 368. The molecule has 4 nitrogen and oxygen atoms in total. The third kappa shape index (κ3) is 8.53. The van der Waals surface area contributed by atoms with Gasteiger partial charge in [-0.15, -0.1) is 11.3 Å². The van der Waals surface area contributed by atoms with Crippen molar-refractivity contribution in [1.29, 1.82) is 0 Å². The SMILES string of the molecule is CCCNCc1cc(COCCOCCCOC)c(C)s1. The largest absolute Gasteiger partial charge is 0.385 e. The lowest BCUT2D eigenvalue weighted by Gasteiger charge is -2.05. The first-order valence-electron chi connectivity index (χ1n) is 7.71. The van der Waals surface area contributed by atoms with Crippen molar-refractivity contribution < 1.29 is 14.2 Å². The molecule has 0 aliphatic carbocycles. The van der Waals surface area contributed by atoms with Gasteiger partial charge in [-0.2, -0.15) is 0 Å². The Morgan fingerprint density at radius 1 is 1.14 bits per heavy atom. The Morgan fingerprint density at radius 3 is 2.71 bits per heavy atom. The average molecular weight is 315 g/mol. The normalized spacial score (nSPS) is 11.2. The lowest BCUT2D eigenvalue weighted by atomic mass is 10.2. The molecule has 0 bridgehead atoms. The summed E-state index contributed by atoms with van der Waals surface area (Å²) in [7, 11) is 1.71. The van der Waals surface area contributed by atoms with Crippen LogP contribution in [-0.4, -0.2) is 40.1 Å². The molecule has 5 heteroatoms. The summed E-state index contributed by atoms with van der Waals surface area (Å²) in [6.07, 6.45) is 2.11. The van der Waals surface area contributed by atoms with Gasteiger partial charge in [0.2, 0.25) is 0 Å². The molecular formula is C16H29NO3S. The third-order valence-corrected chi connectivity index (χ3v) is 4.16. The zero-order valence-electron chi connectivity index (χ0n) is 13.6. The van der Waals surface area contributed by atoms with Crippen LogP contribution in [0.5, 0.6) is 0 Å². The molecule has 21 heavy (non-hydrogen) atoms. The van der Waals surface area contributed by atoms with E-state index in [1.807, 2.05) is 11.3 Å². The Hall–Kier alpha value is -0.460. The number of thiophene rings is 1. The molecule has 0 atom stereocenters. The van der Waals surface area contributed by atoms with Gasteiger partial charge in [0.05, 0.1) is 19.8 Å². The average Bonchev–Trinajstić information content (AvgIpc) is 2.82. The van der Waals surface area contributed by atoms with Crippen molar-refractivity contribution in [2.24, 2.45) is 0 Å². The maximum absolute atomic E-state index is 5.68. The molecule has 0 amide bonds. The highest BCUT2D eigenvalue weighted by molar-refractivity contribution is 7.12. The monoisotopic (exact) mass is 315 g/mol. The van der Waals surface area contributed by atoms with Crippen molar-refractivity contribution in [3.8, 4) is 0 Å². The molecule has 0 radical (unpaired) electrons. The lowest BCUT2D eigenvalue weighted by molar-refractivity contribution is 0.0336. The number of nitrogens with one attached hydrogen (secondary N) is 1. The van der Waals surface area contributed by atoms with Crippen molar-refractivity contribution in [1.82, 2.24) is 5.32 Å². The number of hydrogen-bond donors (Lipinski definition) is 1. The maximum atomic E-state index is 5.68. The predicted molar refractivity (Wildman–Crippen MR) is 88.0 cm³/mol. The highest BCUT2D eigenvalue weighted by Crippen LogP contribution is 2.22. The van der Waals surface area contributed by atoms with Gasteiger partial charge in [0.1, 0.15) is 0 Å². The molecule has 0 spiro atoms. The van der Waals surface area contributed by atoms with E-state index in [1.54, 1.807) is 7.11 Å². The van der Waals surface area contributed by atoms with Gasteiger partial charge in [0.15, 0.2) is 0 Å². The minimum Gasteiger partial charge on any atom is -0.385 e. The first kappa shape index (κ1) is 18.6.